The minimum absolute atomic E-state index is 0.00293. The Morgan fingerprint density at radius 3 is 2.29 bits per heavy atom. The summed E-state index contributed by atoms with van der Waals surface area (Å²) in [5, 5.41) is 0. The Hall–Kier alpha value is -3.12. The fourth-order valence-corrected chi connectivity index (χ4v) is 4.61. The van der Waals surface area contributed by atoms with Crippen molar-refractivity contribution in [3.05, 3.63) is 88.7 Å². The Balaban J connectivity index is 1.38. The molecule has 4 rings (SSSR count). The van der Waals surface area contributed by atoms with Crippen LogP contribution >= 0.6 is 0 Å². The topological polar surface area (TPSA) is 35.5 Å². The number of rotatable bonds is 7. The van der Waals surface area contributed by atoms with E-state index in [1.165, 1.54) is 18.2 Å². The van der Waals surface area contributed by atoms with Crippen LogP contribution in [0.25, 0.3) is 11.1 Å². The van der Waals surface area contributed by atoms with Gasteiger partial charge < -0.3 is 9.47 Å². The van der Waals surface area contributed by atoms with Crippen LogP contribution in [-0.2, 0) is 16.1 Å². The summed E-state index contributed by atoms with van der Waals surface area (Å²) in [6.45, 7) is 4.73. The van der Waals surface area contributed by atoms with Gasteiger partial charge in [0.25, 0.3) is 0 Å². The van der Waals surface area contributed by atoms with E-state index >= 15 is 0 Å². The maximum absolute atomic E-state index is 14.7. The van der Waals surface area contributed by atoms with Crippen LogP contribution in [0.15, 0.2) is 54.6 Å². The van der Waals surface area contributed by atoms with Gasteiger partial charge in [-0.1, -0.05) is 42.0 Å². The molecular formula is C29H29F3O3. The highest BCUT2D eigenvalue weighted by atomic mass is 19.2. The number of carbonyl (C=O) groups excluding carboxylic acids is 1. The van der Waals surface area contributed by atoms with Crippen LogP contribution in [0.2, 0.25) is 0 Å². The third-order valence-corrected chi connectivity index (χ3v) is 6.66. The van der Waals surface area contributed by atoms with E-state index in [1.807, 2.05) is 32.0 Å². The first-order valence-electron chi connectivity index (χ1n) is 12.0. The third-order valence-electron chi connectivity index (χ3n) is 6.66. The van der Waals surface area contributed by atoms with Crippen LogP contribution in [0, 0.1) is 30.3 Å². The molecule has 35 heavy (non-hydrogen) atoms. The van der Waals surface area contributed by atoms with Gasteiger partial charge >= 0.3 is 5.97 Å². The smallest absolute Gasteiger partial charge is 0.314 e. The van der Waals surface area contributed by atoms with Crippen molar-refractivity contribution in [3.63, 3.8) is 0 Å². The van der Waals surface area contributed by atoms with E-state index < -0.39 is 29.3 Å². The molecule has 1 fully saturated rings. The lowest BCUT2D eigenvalue weighted by Crippen LogP contribution is -2.25. The number of esters is 1. The third kappa shape index (κ3) is 5.76. The zero-order valence-corrected chi connectivity index (χ0v) is 20.0. The highest BCUT2D eigenvalue weighted by molar-refractivity contribution is 5.76. The van der Waals surface area contributed by atoms with Crippen LogP contribution in [-0.4, -0.2) is 12.6 Å². The zero-order chi connectivity index (χ0) is 24.9. The van der Waals surface area contributed by atoms with E-state index in [9.17, 15) is 18.0 Å². The Kier molecular flexibility index (Phi) is 7.91. The predicted molar refractivity (Wildman–Crippen MR) is 129 cm³/mol. The molecule has 0 saturated heterocycles. The summed E-state index contributed by atoms with van der Waals surface area (Å²) in [5.41, 5.74) is 3.08. The summed E-state index contributed by atoms with van der Waals surface area (Å²) in [7, 11) is 0. The average Bonchev–Trinajstić information content (AvgIpc) is 2.86. The molecule has 6 heteroatoms. The second kappa shape index (κ2) is 11.1. The molecule has 3 aromatic rings. The van der Waals surface area contributed by atoms with Crippen LogP contribution in [0.3, 0.4) is 0 Å². The van der Waals surface area contributed by atoms with Crippen LogP contribution < -0.4 is 4.74 Å². The van der Waals surface area contributed by atoms with Crippen molar-refractivity contribution >= 4 is 5.97 Å². The molecule has 3 aromatic carbocycles. The normalized spacial score (nSPS) is 17.9. The Bertz CT molecular complexity index is 1180. The van der Waals surface area contributed by atoms with Gasteiger partial charge in [0.1, 0.15) is 5.82 Å². The average molecular weight is 483 g/mol. The zero-order valence-electron chi connectivity index (χ0n) is 20.0. The summed E-state index contributed by atoms with van der Waals surface area (Å²) in [5.74, 6) is -3.93. The van der Waals surface area contributed by atoms with Gasteiger partial charge in [-0.05, 0) is 80.3 Å². The number of hydrogen-bond acceptors (Lipinski definition) is 3. The summed E-state index contributed by atoms with van der Waals surface area (Å²) in [6.07, 6.45) is 2.22. The molecule has 184 valence electrons. The van der Waals surface area contributed by atoms with Crippen LogP contribution in [0.4, 0.5) is 13.2 Å². The van der Waals surface area contributed by atoms with Crippen molar-refractivity contribution in [2.24, 2.45) is 5.92 Å². The van der Waals surface area contributed by atoms with Gasteiger partial charge in [0.15, 0.2) is 11.6 Å². The number of aryl methyl sites for hydroxylation is 1. The first kappa shape index (κ1) is 25.0. The van der Waals surface area contributed by atoms with Gasteiger partial charge in [0.05, 0.1) is 12.5 Å². The van der Waals surface area contributed by atoms with Gasteiger partial charge in [-0.25, -0.2) is 8.78 Å². The largest absolute Gasteiger partial charge is 0.423 e. The quantitative estimate of drug-likeness (QED) is 0.258. The van der Waals surface area contributed by atoms with Crippen molar-refractivity contribution in [2.75, 3.05) is 6.61 Å². The lowest BCUT2D eigenvalue weighted by molar-refractivity contribution is -0.140. The number of hydrogen-bond donors (Lipinski definition) is 0. The molecule has 0 atom stereocenters. The van der Waals surface area contributed by atoms with Gasteiger partial charge in [-0.2, -0.15) is 4.39 Å². The molecular weight excluding hydrogens is 453 g/mol. The number of benzene rings is 3. The maximum atomic E-state index is 14.7. The minimum Gasteiger partial charge on any atom is -0.423 e. The molecule has 1 aliphatic carbocycles. The molecule has 1 saturated carbocycles. The lowest BCUT2D eigenvalue weighted by Gasteiger charge is -2.28. The molecule has 1 aliphatic rings. The van der Waals surface area contributed by atoms with Crippen molar-refractivity contribution in [1.82, 2.24) is 0 Å². The van der Waals surface area contributed by atoms with Crippen molar-refractivity contribution in [3.8, 4) is 16.9 Å². The molecule has 3 nitrogen and oxygen atoms in total. The monoisotopic (exact) mass is 482 g/mol. The summed E-state index contributed by atoms with van der Waals surface area (Å²) in [6, 6.07) is 14.9. The van der Waals surface area contributed by atoms with Gasteiger partial charge in [-0.3, -0.25) is 4.79 Å². The number of halogens is 3. The molecule has 0 radical (unpaired) electrons. The fourth-order valence-electron chi connectivity index (χ4n) is 4.61. The van der Waals surface area contributed by atoms with E-state index in [0.717, 1.165) is 11.1 Å². The Labute approximate surface area is 203 Å². The molecule has 0 spiro atoms. The van der Waals surface area contributed by atoms with E-state index in [-0.39, 0.29) is 17.3 Å². The second-order valence-electron chi connectivity index (χ2n) is 9.07. The summed E-state index contributed by atoms with van der Waals surface area (Å²) in [4.78, 5) is 12.7. The lowest BCUT2D eigenvalue weighted by atomic mass is 9.78. The number of carbonyl (C=O) groups is 1. The molecule has 0 N–H and O–H groups in total. The SMILES string of the molecule is CCOCc1ccc(C2CCC(C(=O)Oc3ccc(-c4ccc(C)cc4)c(F)c3F)CC2)c(F)c1. The summed E-state index contributed by atoms with van der Waals surface area (Å²) < 4.78 is 54.6. The standard InChI is InChI=1S/C29H29F3O3/c1-3-34-17-19-6-13-23(25(30)16-19)20-9-11-22(12-10-20)29(33)35-26-15-14-24(27(31)28(26)32)21-7-4-18(2)5-8-21/h4-8,13-16,20,22H,3,9-12,17H2,1-2H3. The number of ether oxygens (including phenoxy) is 2. The highest BCUT2D eigenvalue weighted by Gasteiger charge is 2.30. The Morgan fingerprint density at radius 2 is 1.63 bits per heavy atom. The van der Waals surface area contributed by atoms with E-state index in [2.05, 4.69) is 0 Å². The minimum atomic E-state index is -1.18. The molecule has 0 amide bonds. The van der Waals surface area contributed by atoms with E-state index in [0.29, 0.717) is 50.0 Å². The van der Waals surface area contributed by atoms with Crippen molar-refractivity contribution in [1.29, 1.82) is 0 Å². The first-order valence-corrected chi connectivity index (χ1v) is 12.0. The van der Waals surface area contributed by atoms with Crippen LogP contribution in [0.1, 0.15) is 55.2 Å². The molecule has 0 aliphatic heterocycles. The maximum Gasteiger partial charge on any atom is 0.314 e. The first-order chi connectivity index (χ1) is 16.9. The second-order valence-corrected chi connectivity index (χ2v) is 9.07. The molecule has 0 bridgehead atoms. The van der Waals surface area contributed by atoms with Gasteiger partial charge in [-0.15, -0.1) is 0 Å². The van der Waals surface area contributed by atoms with E-state index in [4.69, 9.17) is 9.47 Å². The Morgan fingerprint density at radius 1 is 0.914 bits per heavy atom. The van der Waals surface area contributed by atoms with Crippen molar-refractivity contribution < 1.29 is 27.4 Å². The summed E-state index contributed by atoms with van der Waals surface area (Å²) >= 11 is 0. The van der Waals surface area contributed by atoms with Crippen LogP contribution in [0.5, 0.6) is 5.75 Å². The fraction of sp³-hybridized carbons (Fsp3) is 0.345. The molecule has 0 unspecified atom stereocenters. The predicted octanol–water partition coefficient (Wildman–Crippen LogP) is 7.50. The van der Waals surface area contributed by atoms with Crippen molar-refractivity contribution in [2.45, 2.75) is 52.1 Å². The van der Waals surface area contributed by atoms with Gasteiger partial charge in [0, 0.05) is 12.2 Å². The highest BCUT2D eigenvalue weighted by Crippen LogP contribution is 2.38. The van der Waals surface area contributed by atoms with Gasteiger partial charge in [0.2, 0.25) is 5.82 Å². The molecule has 0 heterocycles. The molecule has 0 aromatic heterocycles. The van der Waals surface area contributed by atoms with E-state index in [1.54, 1.807) is 18.2 Å².